The lowest BCUT2D eigenvalue weighted by Gasteiger charge is -2.19. The highest BCUT2D eigenvalue weighted by Gasteiger charge is 2.16. The lowest BCUT2D eigenvalue weighted by atomic mass is 10.0. The number of anilines is 1. The van der Waals surface area contributed by atoms with Crippen LogP contribution in [0.15, 0.2) is 36.4 Å². The van der Waals surface area contributed by atoms with E-state index in [9.17, 15) is 14.6 Å². The normalized spacial score (nSPS) is 12.2. The first-order valence-corrected chi connectivity index (χ1v) is 6.03. The van der Waals surface area contributed by atoms with Gasteiger partial charge in [0.2, 0.25) is 0 Å². The molecule has 0 aromatic heterocycles. The van der Waals surface area contributed by atoms with E-state index in [1.807, 2.05) is 0 Å². The first-order valence-electron chi connectivity index (χ1n) is 6.03. The molecule has 0 amide bonds. The third-order valence-electron chi connectivity index (χ3n) is 3.13. The molecule has 19 heavy (non-hydrogen) atoms. The summed E-state index contributed by atoms with van der Waals surface area (Å²) in [4.78, 5) is 0. The average molecular weight is 261 g/mol. The van der Waals surface area contributed by atoms with E-state index in [4.69, 9.17) is 0 Å². The Kier molecular flexibility index (Phi) is 3.60. The third kappa shape index (κ3) is 2.62. The van der Waals surface area contributed by atoms with Crippen molar-refractivity contribution in [3.8, 4) is 11.5 Å². The second kappa shape index (κ2) is 5.18. The molecule has 0 fully saturated rings. The maximum Gasteiger partial charge on any atom is 0.128 e. The molecule has 4 heteroatoms. The van der Waals surface area contributed by atoms with E-state index in [1.165, 1.54) is 18.2 Å². The zero-order valence-corrected chi connectivity index (χ0v) is 10.8. The van der Waals surface area contributed by atoms with Gasteiger partial charge in [0.15, 0.2) is 0 Å². The average Bonchev–Trinajstić information content (AvgIpc) is 2.35. The fraction of sp³-hybridized carbons (Fsp3) is 0.200. The molecule has 0 spiro atoms. The smallest absolute Gasteiger partial charge is 0.128 e. The molecule has 0 bridgehead atoms. The summed E-state index contributed by atoms with van der Waals surface area (Å²) in [5, 5.41) is 22.7. The minimum atomic E-state index is -0.346. The van der Waals surface area contributed by atoms with Crippen molar-refractivity contribution in [2.45, 2.75) is 19.9 Å². The van der Waals surface area contributed by atoms with Crippen molar-refractivity contribution in [1.82, 2.24) is 0 Å². The molecule has 100 valence electrons. The maximum absolute atomic E-state index is 13.5. The number of aromatic hydroxyl groups is 2. The van der Waals surface area contributed by atoms with Gasteiger partial charge in [-0.3, -0.25) is 0 Å². The number of rotatable bonds is 3. The van der Waals surface area contributed by atoms with Gasteiger partial charge in [0.1, 0.15) is 17.3 Å². The quantitative estimate of drug-likeness (QED) is 0.789. The van der Waals surface area contributed by atoms with Crippen LogP contribution >= 0.6 is 0 Å². The molecule has 1 atom stereocenters. The van der Waals surface area contributed by atoms with Crippen molar-refractivity contribution in [1.29, 1.82) is 0 Å². The van der Waals surface area contributed by atoms with Crippen molar-refractivity contribution in [3.05, 3.63) is 53.3 Å². The van der Waals surface area contributed by atoms with E-state index >= 15 is 0 Å². The van der Waals surface area contributed by atoms with Crippen LogP contribution in [0.4, 0.5) is 10.1 Å². The predicted octanol–water partition coefficient (Wildman–Crippen LogP) is 3.72. The Morgan fingerprint density at radius 3 is 2.26 bits per heavy atom. The molecule has 2 rings (SSSR count). The fourth-order valence-electron chi connectivity index (χ4n) is 2.05. The van der Waals surface area contributed by atoms with Gasteiger partial charge in [-0.25, -0.2) is 4.39 Å². The Bertz CT molecular complexity index is 578. The zero-order valence-electron chi connectivity index (χ0n) is 10.8. The first kappa shape index (κ1) is 13.2. The van der Waals surface area contributed by atoms with E-state index in [-0.39, 0.29) is 23.4 Å². The van der Waals surface area contributed by atoms with Crippen molar-refractivity contribution < 1.29 is 14.6 Å². The van der Waals surface area contributed by atoms with Gasteiger partial charge in [-0.15, -0.1) is 0 Å². The van der Waals surface area contributed by atoms with Crippen molar-refractivity contribution in [2.24, 2.45) is 0 Å². The Balaban J connectivity index is 2.31. The number of hydrogen-bond acceptors (Lipinski definition) is 3. The largest absolute Gasteiger partial charge is 0.507 e. The lowest BCUT2D eigenvalue weighted by molar-refractivity contribution is 0.434. The topological polar surface area (TPSA) is 52.5 Å². The van der Waals surface area contributed by atoms with Gasteiger partial charge in [0.05, 0.1) is 11.6 Å². The summed E-state index contributed by atoms with van der Waals surface area (Å²) in [7, 11) is 0. The second-order valence-corrected chi connectivity index (χ2v) is 4.49. The lowest BCUT2D eigenvalue weighted by Crippen LogP contribution is -2.08. The molecular formula is C15H16FNO2. The van der Waals surface area contributed by atoms with Gasteiger partial charge < -0.3 is 15.5 Å². The highest BCUT2D eigenvalue weighted by Crippen LogP contribution is 2.34. The first-order chi connectivity index (χ1) is 9.00. The van der Waals surface area contributed by atoms with Crippen LogP contribution < -0.4 is 5.32 Å². The minimum absolute atomic E-state index is 0.00839. The van der Waals surface area contributed by atoms with Crippen LogP contribution in [0, 0.1) is 12.7 Å². The Morgan fingerprint density at radius 2 is 1.63 bits per heavy atom. The molecule has 0 aliphatic heterocycles. The number of benzene rings is 2. The zero-order chi connectivity index (χ0) is 14.0. The van der Waals surface area contributed by atoms with Crippen LogP contribution in [0.3, 0.4) is 0 Å². The van der Waals surface area contributed by atoms with Crippen LogP contribution in [0.5, 0.6) is 11.5 Å². The summed E-state index contributed by atoms with van der Waals surface area (Å²) >= 11 is 0. The van der Waals surface area contributed by atoms with Gasteiger partial charge in [-0.1, -0.05) is 12.1 Å². The number of halogens is 1. The van der Waals surface area contributed by atoms with Gasteiger partial charge in [0, 0.05) is 11.3 Å². The number of phenolic OH excluding ortho intramolecular Hbond substituents is 2. The van der Waals surface area contributed by atoms with Crippen LogP contribution in [0.2, 0.25) is 0 Å². The summed E-state index contributed by atoms with van der Waals surface area (Å²) < 4.78 is 13.5. The Morgan fingerprint density at radius 1 is 1.05 bits per heavy atom. The summed E-state index contributed by atoms with van der Waals surface area (Å²) in [5.74, 6) is -0.276. The minimum Gasteiger partial charge on any atom is -0.507 e. The Hall–Kier alpha value is -2.23. The van der Waals surface area contributed by atoms with E-state index < -0.39 is 0 Å². The molecule has 0 saturated carbocycles. The van der Waals surface area contributed by atoms with Gasteiger partial charge >= 0.3 is 0 Å². The number of phenols is 2. The van der Waals surface area contributed by atoms with E-state index in [0.29, 0.717) is 16.8 Å². The van der Waals surface area contributed by atoms with Crippen molar-refractivity contribution >= 4 is 5.69 Å². The summed E-state index contributed by atoms with van der Waals surface area (Å²) in [5.41, 5.74) is 1.53. The molecule has 3 N–H and O–H groups in total. The predicted molar refractivity (Wildman–Crippen MR) is 72.9 cm³/mol. The summed E-state index contributed by atoms with van der Waals surface area (Å²) in [6, 6.07) is 8.99. The van der Waals surface area contributed by atoms with Crippen molar-refractivity contribution in [3.63, 3.8) is 0 Å². The molecular weight excluding hydrogens is 245 g/mol. The number of nitrogens with one attached hydrogen (secondary N) is 1. The van der Waals surface area contributed by atoms with Crippen LogP contribution in [-0.2, 0) is 0 Å². The van der Waals surface area contributed by atoms with Crippen LogP contribution in [0.1, 0.15) is 24.1 Å². The highest BCUT2D eigenvalue weighted by atomic mass is 19.1. The number of hydrogen-bond donors (Lipinski definition) is 3. The molecule has 0 heterocycles. The Labute approximate surface area is 111 Å². The maximum atomic E-state index is 13.5. The summed E-state index contributed by atoms with van der Waals surface area (Å²) in [6.07, 6.45) is 0. The molecule has 0 saturated heterocycles. The van der Waals surface area contributed by atoms with E-state index in [0.717, 1.165) is 0 Å². The molecule has 0 radical (unpaired) electrons. The molecule has 2 aromatic rings. The van der Waals surface area contributed by atoms with Gasteiger partial charge in [-0.05, 0) is 38.1 Å². The van der Waals surface area contributed by atoms with Crippen LogP contribution in [-0.4, -0.2) is 10.2 Å². The second-order valence-electron chi connectivity index (χ2n) is 4.49. The molecule has 0 aliphatic carbocycles. The molecule has 2 aromatic carbocycles. The van der Waals surface area contributed by atoms with Crippen molar-refractivity contribution in [2.75, 3.05) is 5.32 Å². The molecule has 3 nitrogen and oxygen atoms in total. The molecule has 1 unspecified atom stereocenters. The fourth-order valence-corrected chi connectivity index (χ4v) is 2.05. The third-order valence-corrected chi connectivity index (χ3v) is 3.13. The van der Waals surface area contributed by atoms with Gasteiger partial charge in [-0.2, -0.15) is 0 Å². The van der Waals surface area contributed by atoms with E-state index in [2.05, 4.69) is 5.32 Å². The van der Waals surface area contributed by atoms with E-state index in [1.54, 1.807) is 32.0 Å². The van der Waals surface area contributed by atoms with Crippen LogP contribution in [0.25, 0.3) is 0 Å². The standard InChI is InChI=1S/C15H16FNO2/c1-9-11(16)5-3-6-12(9)17-10(2)15-13(18)7-4-8-14(15)19/h3-8,10,17-19H,1-2H3. The summed E-state index contributed by atoms with van der Waals surface area (Å²) in [6.45, 7) is 3.47. The van der Waals surface area contributed by atoms with Gasteiger partial charge in [0.25, 0.3) is 0 Å². The SMILES string of the molecule is Cc1c(F)cccc1NC(C)c1c(O)cccc1O. The highest BCUT2D eigenvalue weighted by molar-refractivity contribution is 5.55. The molecule has 0 aliphatic rings. The monoisotopic (exact) mass is 261 g/mol.